The van der Waals surface area contributed by atoms with Crippen LogP contribution in [0.5, 0.6) is 5.75 Å². The summed E-state index contributed by atoms with van der Waals surface area (Å²) >= 11 is 11.9. The zero-order valence-corrected chi connectivity index (χ0v) is 18.6. The molecule has 3 aromatic rings. The van der Waals surface area contributed by atoms with Crippen LogP contribution in [0.4, 0.5) is 11.4 Å². The molecule has 6 nitrogen and oxygen atoms in total. The Morgan fingerprint density at radius 2 is 1.75 bits per heavy atom. The molecule has 0 spiro atoms. The average molecular weight is 470 g/mol. The molecule has 32 heavy (non-hydrogen) atoms. The van der Waals surface area contributed by atoms with Crippen LogP contribution < -0.4 is 20.5 Å². The molecule has 2 N–H and O–H groups in total. The van der Waals surface area contributed by atoms with Gasteiger partial charge >= 0.3 is 0 Å². The highest BCUT2D eigenvalue weighted by Crippen LogP contribution is 2.26. The number of carbonyl (C=O) groups is 2. The van der Waals surface area contributed by atoms with Crippen LogP contribution in [0.2, 0.25) is 10.0 Å². The molecule has 164 valence electrons. The predicted octanol–water partition coefficient (Wildman–Crippen LogP) is 5.07. The van der Waals surface area contributed by atoms with E-state index in [2.05, 4.69) is 10.9 Å². The maximum Gasteiger partial charge on any atom is 0.243 e. The minimum absolute atomic E-state index is 0.0557. The van der Waals surface area contributed by atoms with Crippen molar-refractivity contribution in [1.29, 1.82) is 0 Å². The number of hydrogen-bond acceptors (Lipinski definition) is 4. The second-order valence-electron chi connectivity index (χ2n) is 7.42. The Labute approximate surface area is 196 Å². The average Bonchev–Trinajstić information content (AvgIpc) is 3.21. The quantitative estimate of drug-likeness (QED) is 0.474. The number of para-hydroxylation sites is 1. The molecule has 3 aromatic carbocycles. The lowest BCUT2D eigenvalue weighted by atomic mass is 10.1. The van der Waals surface area contributed by atoms with Gasteiger partial charge in [0.25, 0.3) is 0 Å². The molecule has 2 amide bonds. The van der Waals surface area contributed by atoms with Crippen LogP contribution in [0.1, 0.15) is 12.0 Å². The van der Waals surface area contributed by atoms with E-state index in [1.54, 1.807) is 41.3 Å². The highest BCUT2D eigenvalue weighted by molar-refractivity contribution is 6.42. The first-order valence-corrected chi connectivity index (χ1v) is 10.8. The number of nitrogens with one attached hydrogen (secondary N) is 2. The van der Waals surface area contributed by atoms with Gasteiger partial charge in [-0.2, -0.15) is 0 Å². The van der Waals surface area contributed by atoms with Crippen molar-refractivity contribution < 1.29 is 14.3 Å². The Bertz CT molecular complexity index is 1110. The SMILES string of the molecule is O=C(NNc1ccc(OCc2ccc(Cl)c(Cl)c2)cc1)[C@H]1CC(=O)N(c2ccccc2)C1. The van der Waals surface area contributed by atoms with Gasteiger partial charge in [-0.15, -0.1) is 0 Å². The van der Waals surface area contributed by atoms with Crippen LogP contribution in [0.25, 0.3) is 0 Å². The Kier molecular flexibility index (Phi) is 6.83. The minimum atomic E-state index is -0.413. The summed E-state index contributed by atoms with van der Waals surface area (Å²) in [4.78, 5) is 26.5. The van der Waals surface area contributed by atoms with E-state index < -0.39 is 5.92 Å². The fraction of sp³-hybridized carbons (Fsp3) is 0.167. The summed E-state index contributed by atoms with van der Waals surface area (Å²) in [5.74, 6) is -0.0200. The molecule has 4 rings (SSSR count). The standard InChI is InChI=1S/C24H21Cl2N3O3/c25-21-11-6-16(12-22(21)26)15-32-20-9-7-18(8-10-20)27-28-24(31)17-13-23(30)29(14-17)19-4-2-1-3-5-19/h1-12,17,27H,13-15H2,(H,28,31)/t17-/m0/s1. The van der Waals surface area contributed by atoms with E-state index >= 15 is 0 Å². The van der Waals surface area contributed by atoms with Gasteiger partial charge in [0.15, 0.2) is 0 Å². The van der Waals surface area contributed by atoms with Crippen molar-refractivity contribution in [1.82, 2.24) is 5.43 Å². The van der Waals surface area contributed by atoms with Crippen LogP contribution in [0.15, 0.2) is 72.8 Å². The van der Waals surface area contributed by atoms with Crippen LogP contribution >= 0.6 is 23.2 Å². The number of carbonyl (C=O) groups excluding carboxylic acids is 2. The monoisotopic (exact) mass is 469 g/mol. The number of rotatable bonds is 7. The third-order valence-corrected chi connectivity index (χ3v) is 5.88. The van der Waals surface area contributed by atoms with Crippen molar-refractivity contribution in [2.24, 2.45) is 5.92 Å². The van der Waals surface area contributed by atoms with Gasteiger partial charge in [-0.3, -0.25) is 20.4 Å². The molecule has 1 aliphatic rings. The topological polar surface area (TPSA) is 70.7 Å². The zero-order chi connectivity index (χ0) is 22.5. The summed E-state index contributed by atoms with van der Waals surface area (Å²) < 4.78 is 5.75. The number of hydrazine groups is 1. The lowest BCUT2D eigenvalue weighted by Gasteiger charge is -2.17. The third kappa shape index (κ3) is 5.33. The van der Waals surface area contributed by atoms with Crippen LogP contribution in [-0.2, 0) is 16.2 Å². The summed E-state index contributed by atoms with van der Waals surface area (Å²) in [6.07, 6.45) is 0.184. The molecular formula is C24H21Cl2N3O3. The number of halogens is 2. The maximum absolute atomic E-state index is 12.5. The summed E-state index contributed by atoms with van der Waals surface area (Å²) in [5.41, 5.74) is 7.98. The molecule has 0 saturated carbocycles. The minimum Gasteiger partial charge on any atom is -0.489 e. The van der Waals surface area contributed by atoms with Crippen molar-refractivity contribution in [3.63, 3.8) is 0 Å². The number of ether oxygens (including phenoxy) is 1. The van der Waals surface area contributed by atoms with Gasteiger partial charge in [-0.1, -0.05) is 47.5 Å². The van der Waals surface area contributed by atoms with Gasteiger partial charge in [0.2, 0.25) is 11.8 Å². The lowest BCUT2D eigenvalue weighted by Crippen LogP contribution is -2.36. The molecular weight excluding hydrogens is 449 g/mol. The molecule has 1 saturated heterocycles. The summed E-state index contributed by atoms with van der Waals surface area (Å²) in [7, 11) is 0. The lowest BCUT2D eigenvalue weighted by molar-refractivity contribution is -0.125. The fourth-order valence-corrected chi connectivity index (χ4v) is 3.73. The second-order valence-corrected chi connectivity index (χ2v) is 8.23. The van der Waals surface area contributed by atoms with Gasteiger partial charge in [-0.05, 0) is 54.1 Å². The summed E-state index contributed by atoms with van der Waals surface area (Å²) in [6, 6.07) is 21.9. The molecule has 0 aromatic heterocycles. The van der Waals surface area contributed by atoms with E-state index in [0.29, 0.717) is 34.6 Å². The van der Waals surface area contributed by atoms with Crippen LogP contribution in [-0.4, -0.2) is 18.4 Å². The predicted molar refractivity (Wildman–Crippen MR) is 126 cm³/mol. The molecule has 0 bridgehead atoms. The number of hydrogen-bond donors (Lipinski definition) is 2. The molecule has 8 heteroatoms. The van der Waals surface area contributed by atoms with Gasteiger partial charge in [0, 0.05) is 18.7 Å². The molecule has 0 radical (unpaired) electrons. The highest BCUT2D eigenvalue weighted by atomic mass is 35.5. The van der Waals surface area contributed by atoms with E-state index in [9.17, 15) is 9.59 Å². The molecule has 1 fully saturated rings. The Morgan fingerprint density at radius 3 is 2.47 bits per heavy atom. The van der Waals surface area contributed by atoms with Crippen LogP contribution in [0.3, 0.4) is 0 Å². The number of benzene rings is 3. The zero-order valence-electron chi connectivity index (χ0n) is 17.1. The van der Waals surface area contributed by atoms with E-state index in [4.69, 9.17) is 27.9 Å². The summed E-state index contributed by atoms with van der Waals surface area (Å²) in [5, 5.41) is 0.988. The van der Waals surface area contributed by atoms with Crippen molar-refractivity contribution in [2.45, 2.75) is 13.0 Å². The van der Waals surface area contributed by atoms with Crippen molar-refractivity contribution >= 4 is 46.4 Å². The molecule has 1 aliphatic heterocycles. The summed E-state index contributed by atoms with van der Waals surface area (Å²) in [6.45, 7) is 0.714. The first-order valence-electron chi connectivity index (χ1n) is 10.1. The molecule has 0 unspecified atom stereocenters. The van der Waals surface area contributed by atoms with Crippen LogP contribution in [0, 0.1) is 5.92 Å². The number of anilines is 2. The fourth-order valence-electron chi connectivity index (χ4n) is 3.41. The van der Waals surface area contributed by atoms with E-state index in [-0.39, 0.29) is 18.2 Å². The maximum atomic E-state index is 12.5. The highest BCUT2D eigenvalue weighted by Gasteiger charge is 2.35. The van der Waals surface area contributed by atoms with Gasteiger partial charge in [-0.25, -0.2) is 0 Å². The molecule has 1 heterocycles. The van der Waals surface area contributed by atoms with Gasteiger partial charge in [0.05, 0.1) is 21.7 Å². The van der Waals surface area contributed by atoms with Crippen molar-refractivity contribution in [3.8, 4) is 5.75 Å². The van der Waals surface area contributed by atoms with E-state index in [0.717, 1.165) is 11.3 Å². The van der Waals surface area contributed by atoms with E-state index in [1.165, 1.54) is 0 Å². The first kappa shape index (κ1) is 22.0. The van der Waals surface area contributed by atoms with Crippen molar-refractivity contribution in [2.75, 3.05) is 16.9 Å². The van der Waals surface area contributed by atoms with E-state index in [1.807, 2.05) is 36.4 Å². The Balaban J connectivity index is 1.26. The Morgan fingerprint density at radius 1 is 1.00 bits per heavy atom. The van der Waals surface area contributed by atoms with Gasteiger partial charge < -0.3 is 9.64 Å². The number of amides is 2. The largest absolute Gasteiger partial charge is 0.489 e. The molecule has 0 aliphatic carbocycles. The smallest absolute Gasteiger partial charge is 0.243 e. The molecule has 1 atom stereocenters. The normalized spacial score (nSPS) is 15.5. The van der Waals surface area contributed by atoms with Crippen molar-refractivity contribution in [3.05, 3.63) is 88.4 Å². The number of nitrogens with zero attached hydrogens (tertiary/aromatic N) is 1. The second kappa shape index (κ2) is 9.94. The first-order chi connectivity index (χ1) is 15.5. The third-order valence-electron chi connectivity index (χ3n) is 5.14. The Hall–Kier alpha value is -3.22. The van der Waals surface area contributed by atoms with Gasteiger partial charge in [0.1, 0.15) is 12.4 Å².